The Morgan fingerprint density at radius 2 is 1.86 bits per heavy atom. The number of nitrogens with one attached hydrogen (secondary N) is 1. The van der Waals surface area contributed by atoms with E-state index in [1.165, 1.54) is 5.56 Å². The van der Waals surface area contributed by atoms with Crippen molar-refractivity contribution in [2.75, 3.05) is 5.32 Å². The number of hydrogen-bond acceptors (Lipinski definition) is 1. The van der Waals surface area contributed by atoms with Gasteiger partial charge in [0.25, 0.3) is 5.91 Å². The van der Waals surface area contributed by atoms with Gasteiger partial charge in [0.05, 0.1) is 6.57 Å². The molecule has 0 aliphatic heterocycles. The zero-order valence-corrected chi connectivity index (χ0v) is 13.4. The van der Waals surface area contributed by atoms with Crippen molar-refractivity contribution >= 4 is 17.3 Å². The van der Waals surface area contributed by atoms with Crippen molar-refractivity contribution in [3.05, 3.63) is 69.6 Å². The minimum atomic E-state index is -0.138. The van der Waals surface area contributed by atoms with E-state index in [1.54, 1.807) is 18.2 Å². The van der Waals surface area contributed by atoms with E-state index in [1.807, 2.05) is 13.8 Å². The molecular weight excluding hydrogens is 272 g/mol. The quantitative estimate of drug-likeness (QED) is 0.795. The average molecular weight is 292 g/mol. The first kappa shape index (κ1) is 15.8. The third kappa shape index (κ3) is 3.17. The lowest BCUT2D eigenvalue weighted by molar-refractivity contribution is 0.102. The fourth-order valence-electron chi connectivity index (χ4n) is 2.62. The first-order valence-corrected chi connectivity index (χ1v) is 7.35. The summed E-state index contributed by atoms with van der Waals surface area (Å²) in [4.78, 5) is 15.9. The maximum Gasteiger partial charge on any atom is 0.255 e. The van der Waals surface area contributed by atoms with Gasteiger partial charge in [0.2, 0.25) is 0 Å². The first-order valence-electron chi connectivity index (χ1n) is 7.35. The molecule has 2 aromatic carbocycles. The molecule has 0 aromatic heterocycles. The molecule has 0 atom stereocenters. The van der Waals surface area contributed by atoms with Crippen LogP contribution in [0.1, 0.15) is 39.5 Å². The zero-order chi connectivity index (χ0) is 16.3. The van der Waals surface area contributed by atoms with Crippen molar-refractivity contribution in [1.29, 1.82) is 0 Å². The molecule has 3 heteroatoms. The molecule has 112 valence electrons. The Balaban J connectivity index is 2.34. The van der Waals surface area contributed by atoms with E-state index in [0.29, 0.717) is 11.3 Å². The summed E-state index contributed by atoms with van der Waals surface area (Å²) in [6.45, 7) is 15.1. The van der Waals surface area contributed by atoms with Crippen LogP contribution in [0.25, 0.3) is 4.85 Å². The standard InChI is InChI=1S/C19H20N2O/c1-6-15-10-12(2)9-14(4)18(15)21-19(22)16-7-8-17(20-5)13(3)11-16/h7-11H,6H2,1-4H3,(H,21,22). The van der Waals surface area contributed by atoms with Gasteiger partial charge in [-0.15, -0.1) is 0 Å². The SMILES string of the molecule is [C-]#[N+]c1ccc(C(=O)Nc2c(C)cc(C)cc2CC)cc1C. The molecule has 2 rings (SSSR count). The van der Waals surface area contributed by atoms with E-state index >= 15 is 0 Å². The number of hydrogen-bond donors (Lipinski definition) is 1. The molecule has 1 amide bonds. The number of amides is 1. The lowest BCUT2D eigenvalue weighted by atomic mass is 10.0. The number of anilines is 1. The highest BCUT2D eigenvalue weighted by molar-refractivity contribution is 6.05. The molecule has 0 radical (unpaired) electrons. The van der Waals surface area contributed by atoms with Crippen LogP contribution in [0.4, 0.5) is 11.4 Å². The predicted molar refractivity (Wildman–Crippen MR) is 90.7 cm³/mol. The lowest BCUT2D eigenvalue weighted by Crippen LogP contribution is -2.14. The number of carbonyl (C=O) groups excluding carboxylic acids is 1. The van der Waals surface area contributed by atoms with Crippen LogP contribution in [-0.4, -0.2) is 5.91 Å². The van der Waals surface area contributed by atoms with Gasteiger partial charge in [-0.1, -0.05) is 42.8 Å². The highest BCUT2D eigenvalue weighted by Crippen LogP contribution is 2.25. The monoisotopic (exact) mass is 292 g/mol. The fraction of sp³-hybridized carbons (Fsp3) is 0.263. The molecule has 0 unspecified atom stereocenters. The normalized spacial score (nSPS) is 10.1. The Morgan fingerprint density at radius 1 is 1.14 bits per heavy atom. The van der Waals surface area contributed by atoms with Gasteiger partial charge in [-0.05, 0) is 43.9 Å². The van der Waals surface area contributed by atoms with E-state index < -0.39 is 0 Å². The Labute approximate surface area is 131 Å². The van der Waals surface area contributed by atoms with E-state index in [-0.39, 0.29) is 5.91 Å². The van der Waals surface area contributed by atoms with Gasteiger partial charge in [0.1, 0.15) is 0 Å². The van der Waals surface area contributed by atoms with Crippen LogP contribution in [-0.2, 0) is 6.42 Å². The Hall–Kier alpha value is -2.60. The van der Waals surface area contributed by atoms with Crippen LogP contribution in [0.3, 0.4) is 0 Å². The molecule has 0 bridgehead atoms. The van der Waals surface area contributed by atoms with Gasteiger partial charge >= 0.3 is 0 Å². The zero-order valence-electron chi connectivity index (χ0n) is 13.4. The largest absolute Gasteiger partial charge is 0.321 e. The summed E-state index contributed by atoms with van der Waals surface area (Å²) in [5.41, 5.74) is 6.28. The van der Waals surface area contributed by atoms with Gasteiger partial charge in [-0.3, -0.25) is 4.79 Å². The van der Waals surface area contributed by atoms with Gasteiger partial charge in [-0.2, -0.15) is 0 Å². The van der Waals surface area contributed by atoms with Crippen molar-refractivity contribution < 1.29 is 4.79 Å². The second kappa shape index (κ2) is 6.44. The van der Waals surface area contributed by atoms with Gasteiger partial charge in [-0.25, -0.2) is 4.85 Å². The van der Waals surface area contributed by atoms with Crippen LogP contribution >= 0.6 is 0 Å². The minimum absolute atomic E-state index is 0.138. The van der Waals surface area contributed by atoms with Crippen LogP contribution in [0.2, 0.25) is 0 Å². The molecule has 0 saturated heterocycles. The number of carbonyl (C=O) groups is 1. The van der Waals surface area contributed by atoms with Gasteiger partial charge in [0, 0.05) is 11.3 Å². The summed E-state index contributed by atoms with van der Waals surface area (Å²) in [6, 6.07) is 9.33. The lowest BCUT2D eigenvalue weighted by Gasteiger charge is -2.14. The van der Waals surface area contributed by atoms with Crippen molar-refractivity contribution in [2.24, 2.45) is 0 Å². The summed E-state index contributed by atoms with van der Waals surface area (Å²) in [5.74, 6) is -0.138. The topological polar surface area (TPSA) is 33.5 Å². The summed E-state index contributed by atoms with van der Waals surface area (Å²) >= 11 is 0. The molecule has 0 spiro atoms. The van der Waals surface area contributed by atoms with E-state index in [2.05, 4.69) is 36.1 Å². The second-order valence-corrected chi connectivity index (χ2v) is 5.54. The summed E-state index contributed by atoms with van der Waals surface area (Å²) in [7, 11) is 0. The highest BCUT2D eigenvalue weighted by Gasteiger charge is 2.12. The molecule has 0 fully saturated rings. The number of nitrogens with zero attached hydrogens (tertiary/aromatic N) is 1. The molecule has 1 N–H and O–H groups in total. The summed E-state index contributed by atoms with van der Waals surface area (Å²) in [5, 5.41) is 3.02. The average Bonchev–Trinajstić information content (AvgIpc) is 2.49. The third-order valence-corrected chi connectivity index (χ3v) is 3.76. The second-order valence-electron chi connectivity index (χ2n) is 5.54. The number of rotatable bonds is 3. The molecule has 0 aliphatic rings. The molecule has 0 heterocycles. The molecule has 3 nitrogen and oxygen atoms in total. The minimum Gasteiger partial charge on any atom is -0.321 e. The van der Waals surface area contributed by atoms with Crippen LogP contribution in [0, 0.1) is 27.3 Å². The van der Waals surface area contributed by atoms with Crippen LogP contribution < -0.4 is 5.32 Å². The number of benzene rings is 2. The Bertz CT molecular complexity index is 770. The van der Waals surface area contributed by atoms with Crippen molar-refractivity contribution in [3.8, 4) is 0 Å². The highest BCUT2D eigenvalue weighted by atomic mass is 16.1. The Morgan fingerprint density at radius 3 is 2.45 bits per heavy atom. The molecule has 0 aliphatic carbocycles. The Kier molecular flexibility index (Phi) is 4.62. The van der Waals surface area contributed by atoms with Crippen molar-refractivity contribution in [3.63, 3.8) is 0 Å². The summed E-state index contributed by atoms with van der Waals surface area (Å²) < 4.78 is 0. The fourth-order valence-corrected chi connectivity index (χ4v) is 2.62. The van der Waals surface area contributed by atoms with Crippen molar-refractivity contribution in [1.82, 2.24) is 0 Å². The van der Waals surface area contributed by atoms with E-state index in [9.17, 15) is 4.79 Å². The summed E-state index contributed by atoms with van der Waals surface area (Å²) in [6.07, 6.45) is 0.869. The van der Waals surface area contributed by atoms with Crippen LogP contribution in [0.5, 0.6) is 0 Å². The molecule has 22 heavy (non-hydrogen) atoms. The van der Waals surface area contributed by atoms with Crippen molar-refractivity contribution in [2.45, 2.75) is 34.1 Å². The van der Waals surface area contributed by atoms with Gasteiger partial charge in [0.15, 0.2) is 5.69 Å². The third-order valence-electron chi connectivity index (χ3n) is 3.76. The smallest absolute Gasteiger partial charge is 0.255 e. The molecule has 2 aromatic rings. The molecule has 0 saturated carbocycles. The van der Waals surface area contributed by atoms with E-state index in [4.69, 9.17) is 6.57 Å². The maximum atomic E-state index is 12.5. The van der Waals surface area contributed by atoms with Crippen LogP contribution in [0.15, 0.2) is 30.3 Å². The van der Waals surface area contributed by atoms with Gasteiger partial charge < -0.3 is 5.32 Å². The maximum absolute atomic E-state index is 12.5. The molecular formula is C19H20N2O. The predicted octanol–water partition coefficient (Wildman–Crippen LogP) is 4.98. The van der Waals surface area contributed by atoms with E-state index in [0.717, 1.165) is 28.8 Å². The number of aryl methyl sites for hydroxylation is 4. The first-order chi connectivity index (χ1) is 10.5.